The van der Waals surface area contributed by atoms with Crippen LogP contribution in [-0.4, -0.2) is 24.4 Å². The molecule has 0 amide bonds. The third-order valence-corrected chi connectivity index (χ3v) is 4.78. The summed E-state index contributed by atoms with van der Waals surface area (Å²) in [5, 5.41) is 3.48. The van der Waals surface area contributed by atoms with E-state index in [0.29, 0.717) is 12.4 Å². The summed E-state index contributed by atoms with van der Waals surface area (Å²) in [5.41, 5.74) is 1.26. The first-order valence-electron chi connectivity index (χ1n) is 6.49. The number of carbonyl (C=O) groups is 1. The number of carbonyl (C=O) groups excluding carboxylic acids is 1. The SMILES string of the molecule is CCOC(=O)CSc1ccc(CNC2CC2)cc1Br. The molecule has 0 bridgehead atoms. The van der Waals surface area contributed by atoms with Gasteiger partial charge in [0.25, 0.3) is 0 Å². The third kappa shape index (κ3) is 5.16. The van der Waals surface area contributed by atoms with Crippen LogP contribution < -0.4 is 5.32 Å². The molecule has 1 N–H and O–H groups in total. The molecule has 0 atom stereocenters. The van der Waals surface area contributed by atoms with Gasteiger partial charge in [0.05, 0.1) is 12.4 Å². The number of esters is 1. The number of nitrogens with one attached hydrogen (secondary N) is 1. The van der Waals surface area contributed by atoms with Crippen LogP contribution in [0.5, 0.6) is 0 Å². The smallest absolute Gasteiger partial charge is 0.316 e. The molecule has 1 aliphatic rings. The Morgan fingerprint density at radius 2 is 2.32 bits per heavy atom. The highest BCUT2D eigenvalue weighted by Gasteiger charge is 2.20. The van der Waals surface area contributed by atoms with Crippen molar-refractivity contribution in [2.75, 3.05) is 12.4 Å². The number of halogens is 1. The Morgan fingerprint density at radius 3 is 2.95 bits per heavy atom. The predicted molar refractivity (Wildman–Crippen MR) is 81.4 cm³/mol. The van der Waals surface area contributed by atoms with Crippen molar-refractivity contribution >= 4 is 33.7 Å². The fraction of sp³-hybridized carbons (Fsp3) is 0.500. The fourth-order valence-electron chi connectivity index (χ4n) is 1.66. The van der Waals surface area contributed by atoms with Crippen LogP contribution in [0.15, 0.2) is 27.6 Å². The Bertz CT molecular complexity index is 449. The van der Waals surface area contributed by atoms with Gasteiger partial charge in [0.2, 0.25) is 0 Å². The molecular formula is C14H18BrNO2S. The van der Waals surface area contributed by atoms with Crippen LogP contribution in [0, 0.1) is 0 Å². The number of benzene rings is 1. The number of thioether (sulfide) groups is 1. The second-order valence-electron chi connectivity index (χ2n) is 4.51. The maximum absolute atomic E-state index is 11.3. The highest BCUT2D eigenvalue weighted by atomic mass is 79.9. The van der Waals surface area contributed by atoms with Crippen LogP contribution in [0.4, 0.5) is 0 Å². The first kappa shape index (κ1) is 14.9. The lowest BCUT2D eigenvalue weighted by molar-refractivity contribution is -0.139. The van der Waals surface area contributed by atoms with Crippen molar-refractivity contribution in [2.45, 2.75) is 37.2 Å². The van der Waals surface area contributed by atoms with Crippen molar-refractivity contribution in [1.82, 2.24) is 5.32 Å². The van der Waals surface area contributed by atoms with Crippen molar-refractivity contribution in [3.8, 4) is 0 Å². The lowest BCUT2D eigenvalue weighted by Crippen LogP contribution is -2.15. The topological polar surface area (TPSA) is 38.3 Å². The van der Waals surface area contributed by atoms with Gasteiger partial charge in [-0.2, -0.15) is 0 Å². The van der Waals surface area contributed by atoms with Gasteiger partial charge in [-0.15, -0.1) is 11.8 Å². The van der Waals surface area contributed by atoms with Gasteiger partial charge in [0, 0.05) is 22.0 Å². The molecule has 3 nitrogen and oxygen atoms in total. The van der Waals surface area contributed by atoms with Gasteiger partial charge in [0.15, 0.2) is 0 Å². The largest absolute Gasteiger partial charge is 0.465 e. The quantitative estimate of drug-likeness (QED) is 0.608. The van der Waals surface area contributed by atoms with Crippen molar-refractivity contribution < 1.29 is 9.53 Å². The van der Waals surface area contributed by atoms with E-state index in [-0.39, 0.29) is 5.97 Å². The zero-order valence-corrected chi connectivity index (χ0v) is 13.4. The summed E-state index contributed by atoms with van der Waals surface area (Å²) in [5.74, 6) is 0.186. The van der Waals surface area contributed by atoms with E-state index in [1.165, 1.54) is 30.2 Å². The summed E-state index contributed by atoms with van der Waals surface area (Å²) >= 11 is 5.06. The molecule has 0 unspecified atom stereocenters. The molecule has 0 radical (unpaired) electrons. The van der Waals surface area contributed by atoms with Gasteiger partial charge < -0.3 is 10.1 Å². The minimum absolute atomic E-state index is 0.168. The van der Waals surface area contributed by atoms with Crippen LogP contribution in [0.1, 0.15) is 25.3 Å². The van der Waals surface area contributed by atoms with E-state index in [0.717, 1.165) is 22.0 Å². The second-order valence-corrected chi connectivity index (χ2v) is 6.39. The summed E-state index contributed by atoms with van der Waals surface area (Å²) in [6.07, 6.45) is 2.60. The van der Waals surface area contributed by atoms with Gasteiger partial charge in [0.1, 0.15) is 0 Å². The minimum Gasteiger partial charge on any atom is -0.465 e. The molecule has 104 valence electrons. The highest BCUT2D eigenvalue weighted by Crippen LogP contribution is 2.29. The van der Waals surface area contributed by atoms with E-state index >= 15 is 0 Å². The van der Waals surface area contributed by atoms with E-state index in [4.69, 9.17) is 4.74 Å². The number of hydrogen-bond donors (Lipinski definition) is 1. The van der Waals surface area contributed by atoms with Crippen molar-refractivity contribution in [3.63, 3.8) is 0 Å². The Morgan fingerprint density at radius 1 is 1.53 bits per heavy atom. The molecule has 0 saturated heterocycles. The first-order valence-corrected chi connectivity index (χ1v) is 8.27. The number of hydrogen-bond acceptors (Lipinski definition) is 4. The minimum atomic E-state index is -0.168. The van der Waals surface area contributed by atoms with Gasteiger partial charge in [-0.1, -0.05) is 6.07 Å². The van der Waals surface area contributed by atoms with Crippen molar-refractivity contribution in [2.24, 2.45) is 0 Å². The van der Waals surface area contributed by atoms with E-state index in [1.54, 1.807) is 0 Å². The van der Waals surface area contributed by atoms with E-state index in [1.807, 2.05) is 6.92 Å². The van der Waals surface area contributed by atoms with Crippen LogP contribution in [0.3, 0.4) is 0 Å². The van der Waals surface area contributed by atoms with Crippen LogP contribution in [-0.2, 0) is 16.1 Å². The van der Waals surface area contributed by atoms with Gasteiger partial charge in [-0.3, -0.25) is 4.79 Å². The van der Waals surface area contributed by atoms with E-state index < -0.39 is 0 Å². The monoisotopic (exact) mass is 343 g/mol. The molecule has 0 spiro atoms. The molecular weight excluding hydrogens is 326 g/mol. The average Bonchev–Trinajstić information content (AvgIpc) is 3.19. The Hall–Kier alpha value is -0.520. The lowest BCUT2D eigenvalue weighted by Gasteiger charge is -2.08. The Kier molecular flexibility index (Phi) is 5.73. The molecule has 1 aliphatic carbocycles. The highest BCUT2D eigenvalue weighted by molar-refractivity contribution is 9.10. The Balaban J connectivity index is 1.84. The van der Waals surface area contributed by atoms with Gasteiger partial charge >= 0.3 is 5.97 Å². The van der Waals surface area contributed by atoms with Crippen molar-refractivity contribution in [3.05, 3.63) is 28.2 Å². The average molecular weight is 344 g/mol. The first-order chi connectivity index (χ1) is 9.19. The summed E-state index contributed by atoms with van der Waals surface area (Å²) in [6, 6.07) is 6.99. The molecule has 5 heteroatoms. The maximum Gasteiger partial charge on any atom is 0.316 e. The predicted octanol–water partition coefficient (Wildman–Crippen LogP) is 3.36. The van der Waals surface area contributed by atoms with Crippen LogP contribution >= 0.6 is 27.7 Å². The number of rotatable bonds is 7. The molecule has 19 heavy (non-hydrogen) atoms. The standard InChI is InChI=1S/C14H18BrNO2S/c1-2-18-14(17)9-19-13-6-3-10(7-12(13)15)8-16-11-4-5-11/h3,6-7,11,16H,2,4-5,8-9H2,1H3. The molecule has 2 rings (SSSR count). The normalized spacial score (nSPS) is 14.4. The molecule has 0 aromatic heterocycles. The zero-order chi connectivity index (χ0) is 13.7. The van der Waals surface area contributed by atoms with Crippen molar-refractivity contribution in [1.29, 1.82) is 0 Å². The molecule has 1 aromatic rings. The van der Waals surface area contributed by atoms with Gasteiger partial charge in [-0.05, 0) is 53.4 Å². The molecule has 0 heterocycles. The number of ether oxygens (including phenoxy) is 1. The van der Waals surface area contributed by atoms with Crippen LogP contribution in [0.2, 0.25) is 0 Å². The fourth-order valence-corrected chi connectivity index (χ4v) is 3.15. The van der Waals surface area contributed by atoms with E-state index in [9.17, 15) is 4.79 Å². The summed E-state index contributed by atoms with van der Waals surface area (Å²) in [7, 11) is 0. The van der Waals surface area contributed by atoms with Crippen LogP contribution in [0.25, 0.3) is 0 Å². The second kappa shape index (κ2) is 7.31. The third-order valence-electron chi connectivity index (χ3n) is 2.82. The lowest BCUT2D eigenvalue weighted by atomic mass is 10.2. The summed E-state index contributed by atoms with van der Waals surface area (Å²) < 4.78 is 5.95. The molecule has 1 fully saturated rings. The molecule has 1 saturated carbocycles. The maximum atomic E-state index is 11.3. The summed E-state index contributed by atoms with van der Waals surface area (Å²) in [6.45, 7) is 3.17. The molecule has 0 aliphatic heterocycles. The van der Waals surface area contributed by atoms with E-state index in [2.05, 4.69) is 39.4 Å². The zero-order valence-electron chi connectivity index (χ0n) is 10.9. The summed E-state index contributed by atoms with van der Waals surface area (Å²) in [4.78, 5) is 12.4. The van der Waals surface area contributed by atoms with Gasteiger partial charge in [-0.25, -0.2) is 0 Å². The Labute approximate surface area is 126 Å². The molecule has 1 aromatic carbocycles.